The fourth-order valence-electron chi connectivity index (χ4n) is 0.371. The Morgan fingerprint density at radius 1 is 1.86 bits per heavy atom. The second kappa shape index (κ2) is 4.51. The highest BCUT2D eigenvalue weighted by Gasteiger charge is 1.94. The summed E-state index contributed by atoms with van der Waals surface area (Å²) >= 11 is 0. The first-order chi connectivity index (χ1) is 3.31. The van der Waals surface area contributed by atoms with E-state index in [1.807, 2.05) is 0 Å². The Morgan fingerprint density at radius 2 is 2.43 bits per heavy atom. The van der Waals surface area contributed by atoms with E-state index in [0.717, 1.165) is 17.0 Å². The molecule has 0 fully saturated rings. The van der Waals surface area contributed by atoms with E-state index in [1.165, 1.54) is 0 Å². The normalized spacial score (nSPS) is 14.6. The maximum absolute atomic E-state index is 5.16. The van der Waals surface area contributed by atoms with E-state index < -0.39 is 9.20 Å². The van der Waals surface area contributed by atoms with Gasteiger partial charge in [-0.2, -0.15) is 0 Å². The zero-order valence-electron chi connectivity index (χ0n) is 5.19. The summed E-state index contributed by atoms with van der Waals surface area (Å²) in [6.07, 6.45) is 0. The lowest BCUT2D eigenvalue weighted by molar-refractivity contribution is 0.613. The molecule has 0 aromatic heterocycles. The van der Waals surface area contributed by atoms with Gasteiger partial charge < -0.3 is 9.10 Å². The molecule has 0 heterocycles. The average Bonchev–Trinajstić information content (AvgIpc) is 1.68. The van der Waals surface area contributed by atoms with Crippen LogP contribution in [0.15, 0.2) is 0 Å². The Kier molecular flexibility index (Phi) is 4.74. The first kappa shape index (κ1) is 7.35. The topological polar surface area (TPSA) is 21.3 Å². The van der Waals surface area contributed by atoms with Crippen molar-refractivity contribution in [2.45, 2.75) is 13.5 Å². The summed E-state index contributed by atoms with van der Waals surface area (Å²) in [4.78, 5) is 3.25. The molecule has 0 amide bonds. The smallest absolute Gasteiger partial charge is 0.237 e. The van der Waals surface area contributed by atoms with E-state index in [9.17, 15) is 0 Å². The number of hydrogen-bond acceptors (Lipinski definition) is 2. The third-order valence-corrected chi connectivity index (χ3v) is 4.66. The summed E-state index contributed by atoms with van der Waals surface area (Å²) in [6.45, 7) is 5.30. The molecule has 0 aromatic carbocycles. The molecule has 0 rings (SSSR count). The number of hydrogen-bond donors (Lipinski definition) is 1. The summed E-state index contributed by atoms with van der Waals surface area (Å²) in [6, 6.07) is 0. The molecule has 1 unspecified atom stereocenters. The quantitative estimate of drug-likeness (QED) is 0.488. The van der Waals surface area contributed by atoms with Crippen LogP contribution in [0.2, 0.25) is 6.55 Å². The molecule has 0 aliphatic rings. The molecule has 44 valence electrons. The molecule has 0 bridgehead atoms. The molecular formula is C3H13NOSi2. The lowest BCUT2D eigenvalue weighted by Gasteiger charge is -2.05. The molecule has 1 atom stereocenters. The Hall–Kier alpha value is 0.354. The van der Waals surface area contributed by atoms with Gasteiger partial charge in [0.25, 0.3) is 0 Å². The molecule has 0 aromatic rings. The largest absolute Gasteiger partial charge is 0.455 e. The van der Waals surface area contributed by atoms with E-state index in [-0.39, 0.29) is 0 Å². The van der Waals surface area contributed by atoms with Crippen molar-refractivity contribution in [2.75, 3.05) is 6.54 Å². The van der Waals surface area contributed by atoms with Gasteiger partial charge in [0.15, 0.2) is 0 Å². The third kappa shape index (κ3) is 4.20. The summed E-state index contributed by atoms with van der Waals surface area (Å²) in [7, 11) is 0.0167. The van der Waals surface area contributed by atoms with E-state index in [1.54, 1.807) is 0 Å². The van der Waals surface area contributed by atoms with Crippen molar-refractivity contribution in [1.82, 2.24) is 4.98 Å². The number of rotatable bonds is 3. The van der Waals surface area contributed by atoms with Gasteiger partial charge >= 0.3 is 0 Å². The van der Waals surface area contributed by atoms with Crippen LogP contribution in [0.3, 0.4) is 0 Å². The van der Waals surface area contributed by atoms with Gasteiger partial charge in [0, 0.05) is 0 Å². The Bertz CT molecular complexity index is 43.9. The van der Waals surface area contributed by atoms with E-state index in [0.29, 0.717) is 0 Å². The van der Waals surface area contributed by atoms with Gasteiger partial charge in [-0.15, -0.1) is 0 Å². The van der Waals surface area contributed by atoms with Crippen molar-refractivity contribution in [2.24, 2.45) is 0 Å². The minimum absolute atomic E-state index is 0.870. The second-order valence-corrected chi connectivity index (χ2v) is 5.01. The molecule has 1 N–H and O–H groups in total. The zero-order valence-corrected chi connectivity index (χ0v) is 8.35. The summed E-state index contributed by atoms with van der Waals surface area (Å²) in [5.74, 6) is 0. The minimum Gasteiger partial charge on any atom is -0.455 e. The van der Waals surface area contributed by atoms with Gasteiger partial charge in [-0.3, -0.25) is 0 Å². The maximum atomic E-state index is 5.16. The molecule has 0 saturated carbocycles. The highest BCUT2D eigenvalue weighted by molar-refractivity contribution is 6.51. The Labute approximate surface area is 49.6 Å². The van der Waals surface area contributed by atoms with Crippen molar-refractivity contribution < 1.29 is 4.12 Å². The average molecular weight is 135 g/mol. The number of nitrogens with one attached hydrogen (secondary N) is 1. The van der Waals surface area contributed by atoms with Crippen LogP contribution >= 0.6 is 0 Å². The molecular weight excluding hydrogens is 122 g/mol. The van der Waals surface area contributed by atoms with Crippen LogP contribution in [0.1, 0.15) is 6.92 Å². The van der Waals surface area contributed by atoms with Crippen LogP contribution in [-0.4, -0.2) is 26.2 Å². The van der Waals surface area contributed by atoms with E-state index in [4.69, 9.17) is 4.12 Å². The van der Waals surface area contributed by atoms with Gasteiger partial charge in [0.1, 0.15) is 10.5 Å². The highest BCUT2D eigenvalue weighted by atomic mass is 28.3. The highest BCUT2D eigenvalue weighted by Crippen LogP contribution is 1.70. The lowest BCUT2D eigenvalue weighted by Crippen LogP contribution is -2.32. The van der Waals surface area contributed by atoms with Crippen LogP contribution in [0.5, 0.6) is 0 Å². The Morgan fingerprint density at radius 3 is 2.57 bits per heavy atom. The molecule has 2 nitrogen and oxygen atoms in total. The molecule has 4 heteroatoms. The molecule has 0 radical (unpaired) electrons. The van der Waals surface area contributed by atoms with Gasteiger partial charge in [0.2, 0.25) is 9.20 Å². The van der Waals surface area contributed by atoms with Gasteiger partial charge in [0.05, 0.1) is 0 Å². The van der Waals surface area contributed by atoms with Gasteiger partial charge in [-0.25, -0.2) is 0 Å². The van der Waals surface area contributed by atoms with Crippen LogP contribution in [-0.2, 0) is 4.12 Å². The van der Waals surface area contributed by atoms with Crippen LogP contribution < -0.4 is 4.98 Å². The standard InChI is InChI=1S/C3H13NOSi2/c1-3-4-7(2)5-6/h4,7H,3H2,1-2,6H3. The van der Waals surface area contributed by atoms with Gasteiger partial charge in [-0.1, -0.05) is 6.92 Å². The molecule has 0 aliphatic heterocycles. The monoisotopic (exact) mass is 135 g/mol. The molecule has 0 spiro atoms. The molecule has 7 heavy (non-hydrogen) atoms. The van der Waals surface area contributed by atoms with Crippen molar-refractivity contribution >= 4 is 19.7 Å². The van der Waals surface area contributed by atoms with Crippen molar-refractivity contribution in [1.29, 1.82) is 0 Å². The second-order valence-electron chi connectivity index (χ2n) is 1.44. The summed E-state index contributed by atoms with van der Waals surface area (Å²) in [5, 5.41) is 0. The van der Waals surface area contributed by atoms with Crippen molar-refractivity contribution in [3.63, 3.8) is 0 Å². The predicted octanol–water partition coefficient (Wildman–Crippen LogP) is -1.26. The molecule has 0 saturated heterocycles. The van der Waals surface area contributed by atoms with Crippen molar-refractivity contribution in [3.8, 4) is 0 Å². The third-order valence-electron chi connectivity index (χ3n) is 0.845. The predicted molar refractivity (Wildman–Crippen MR) is 37.7 cm³/mol. The fraction of sp³-hybridized carbons (Fsp3) is 1.00. The van der Waals surface area contributed by atoms with E-state index >= 15 is 0 Å². The first-order valence-corrected chi connectivity index (χ1v) is 5.59. The van der Waals surface area contributed by atoms with Crippen LogP contribution in [0.4, 0.5) is 0 Å². The Balaban J connectivity index is 2.83. The SMILES string of the molecule is CCN[SiH](C)O[SiH3]. The van der Waals surface area contributed by atoms with Gasteiger partial charge in [-0.05, 0) is 13.1 Å². The minimum atomic E-state index is -0.870. The zero-order chi connectivity index (χ0) is 5.70. The lowest BCUT2D eigenvalue weighted by atomic mass is 10.8. The first-order valence-electron chi connectivity index (χ1n) is 2.57. The summed E-state index contributed by atoms with van der Waals surface area (Å²) < 4.78 is 5.16. The maximum Gasteiger partial charge on any atom is 0.237 e. The molecule has 0 aliphatic carbocycles. The fourth-order valence-corrected chi connectivity index (χ4v) is 1.61. The van der Waals surface area contributed by atoms with Crippen molar-refractivity contribution in [3.05, 3.63) is 0 Å². The van der Waals surface area contributed by atoms with Crippen LogP contribution in [0, 0.1) is 0 Å². The summed E-state index contributed by atoms with van der Waals surface area (Å²) in [5.41, 5.74) is 0. The van der Waals surface area contributed by atoms with E-state index in [2.05, 4.69) is 18.5 Å². The van der Waals surface area contributed by atoms with Crippen LogP contribution in [0.25, 0.3) is 0 Å².